The Kier molecular flexibility index (Phi) is 8.60. The van der Waals surface area contributed by atoms with Gasteiger partial charge in [0.1, 0.15) is 5.82 Å². The molecule has 2 aliphatic rings. The summed E-state index contributed by atoms with van der Waals surface area (Å²) < 4.78 is 13.8. The first-order valence-electron chi connectivity index (χ1n) is 9.66. The van der Waals surface area contributed by atoms with Crippen molar-refractivity contribution in [2.75, 3.05) is 26.2 Å². The van der Waals surface area contributed by atoms with Crippen LogP contribution in [0.25, 0.3) is 0 Å². The average Bonchev–Trinajstić information content (AvgIpc) is 3.31. The number of likely N-dealkylation sites (tertiary alicyclic amines) is 1. The van der Waals surface area contributed by atoms with E-state index in [0.29, 0.717) is 18.5 Å². The summed E-state index contributed by atoms with van der Waals surface area (Å²) in [6, 6.07) is 7.70. The third kappa shape index (κ3) is 6.37. The molecule has 2 N–H and O–H groups in total. The second-order valence-electron chi connectivity index (χ2n) is 7.49. The van der Waals surface area contributed by atoms with Gasteiger partial charge in [-0.3, -0.25) is 9.89 Å². The lowest BCUT2D eigenvalue weighted by Crippen LogP contribution is -2.40. The topological polar surface area (TPSA) is 39.7 Å². The van der Waals surface area contributed by atoms with Gasteiger partial charge in [-0.2, -0.15) is 0 Å². The van der Waals surface area contributed by atoms with Gasteiger partial charge in [0.2, 0.25) is 0 Å². The number of nitrogens with zero attached hydrogens (tertiary/aromatic N) is 2. The van der Waals surface area contributed by atoms with Crippen LogP contribution < -0.4 is 10.6 Å². The Morgan fingerprint density at radius 1 is 1.27 bits per heavy atom. The second-order valence-corrected chi connectivity index (χ2v) is 7.49. The van der Waals surface area contributed by atoms with Crippen molar-refractivity contribution in [2.45, 2.75) is 45.7 Å². The summed E-state index contributed by atoms with van der Waals surface area (Å²) in [4.78, 5) is 7.15. The lowest BCUT2D eigenvalue weighted by molar-refractivity contribution is 0.179. The van der Waals surface area contributed by atoms with Crippen LogP contribution >= 0.6 is 24.0 Å². The molecule has 1 aromatic rings. The average molecular weight is 474 g/mol. The molecule has 0 bridgehead atoms. The van der Waals surface area contributed by atoms with Gasteiger partial charge in [0.05, 0.1) is 0 Å². The summed E-state index contributed by atoms with van der Waals surface area (Å²) in [6.45, 7) is 8.92. The first-order chi connectivity index (χ1) is 12.2. The van der Waals surface area contributed by atoms with Crippen molar-refractivity contribution < 1.29 is 4.39 Å². The number of rotatable bonds is 6. The SMILES string of the molecule is CCNC(=NCC1CCN(Cc2ccccc2F)CC1)NC1CC1C.I. The van der Waals surface area contributed by atoms with Gasteiger partial charge < -0.3 is 10.6 Å². The van der Waals surface area contributed by atoms with E-state index in [1.807, 2.05) is 12.1 Å². The molecule has 1 heterocycles. The van der Waals surface area contributed by atoms with E-state index in [0.717, 1.165) is 56.5 Å². The molecule has 4 nitrogen and oxygen atoms in total. The fourth-order valence-electron chi connectivity index (χ4n) is 3.43. The van der Waals surface area contributed by atoms with Crippen LogP contribution in [0.2, 0.25) is 0 Å². The monoisotopic (exact) mass is 474 g/mol. The normalized spacial score (nSPS) is 24.0. The van der Waals surface area contributed by atoms with Gasteiger partial charge in [-0.25, -0.2) is 4.39 Å². The van der Waals surface area contributed by atoms with E-state index >= 15 is 0 Å². The highest BCUT2D eigenvalue weighted by molar-refractivity contribution is 14.0. The minimum absolute atomic E-state index is 0. The molecule has 0 spiro atoms. The summed E-state index contributed by atoms with van der Waals surface area (Å²) in [5, 5.41) is 6.86. The molecule has 146 valence electrons. The number of guanidine groups is 1. The minimum Gasteiger partial charge on any atom is -0.357 e. The number of nitrogens with one attached hydrogen (secondary N) is 2. The Hall–Kier alpha value is -0.890. The van der Waals surface area contributed by atoms with Crippen LogP contribution in [-0.4, -0.2) is 43.1 Å². The van der Waals surface area contributed by atoms with E-state index in [4.69, 9.17) is 4.99 Å². The molecule has 0 amide bonds. The maximum Gasteiger partial charge on any atom is 0.191 e. The largest absolute Gasteiger partial charge is 0.357 e. The van der Waals surface area contributed by atoms with E-state index < -0.39 is 0 Å². The Labute approximate surface area is 174 Å². The fraction of sp³-hybridized carbons (Fsp3) is 0.650. The Bertz CT molecular complexity index is 587. The molecule has 6 heteroatoms. The molecular formula is C20H32FIN4. The predicted molar refractivity (Wildman–Crippen MR) is 116 cm³/mol. The van der Waals surface area contributed by atoms with Crippen molar-refractivity contribution in [3.05, 3.63) is 35.6 Å². The highest BCUT2D eigenvalue weighted by Crippen LogP contribution is 2.28. The maximum atomic E-state index is 13.8. The van der Waals surface area contributed by atoms with Gasteiger partial charge in [0, 0.05) is 31.2 Å². The molecule has 0 aromatic heterocycles. The summed E-state index contributed by atoms with van der Waals surface area (Å²) in [5.74, 6) is 2.27. The molecule has 0 radical (unpaired) electrons. The molecule has 1 aromatic carbocycles. The molecule has 26 heavy (non-hydrogen) atoms. The van der Waals surface area contributed by atoms with E-state index in [1.165, 1.54) is 6.42 Å². The van der Waals surface area contributed by atoms with E-state index in [-0.39, 0.29) is 29.8 Å². The first kappa shape index (κ1) is 21.4. The smallest absolute Gasteiger partial charge is 0.191 e. The zero-order chi connectivity index (χ0) is 17.6. The van der Waals surface area contributed by atoms with Crippen molar-refractivity contribution in [2.24, 2.45) is 16.8 Å². The lowest BCUT2D eigenvalue weighted by Gasteiger charge is -2.31. The van der Waals surface area contributed by atoms with Gasteiger partial charge >= 0.3 is 0 Å². The highest BCUT2D eigenvalue weighted by Gasteiger charge is 2.33. The number of benzene rings is 1. The van der Waals surface area contributed by atoms with Crippen LogP contribution in [0.15, 0.2) is 29.3 Å². The van der Waals surface area contributed by atoms with Gasteiger partial charge in [-0.05, 0) is 57.2 Å². The van der Waals surface area contributed by atoms with Crippen molar-refractivity contribution in [3.63, 3.8) is 0 Å². The predicted octanol–water partition coefficient (Wildman–Crippen LogP) is 3.62. The summed E-state index contributed by atoms with van der Waals surface area (Å²) in [7, 11) is 0. The van der Waals surface area contributed by atoms with Gasteiger partial charge in [-0.15, -0.1) is 24.0 Å². The van der Waals surface area contributed by atoms with Crippen molar-refractivity contribution in [1.82, 2.24) is 15.5 Å². The molecule has 1 aliphatic carbocycles. The number of aliphatic imine (C=N–C) groups is 1. The van der Waals surface area contributed by atoms with Crippen LogP contribution in [0, 0.1) is 17.7 Å². The quantitative estimate of drug-likeness (QED) is 0.376. The zero-order valence-electron chi connectivity index (χ0n) is 15.9. The lowest BCUT2D eigenvalue weighted by atomic mass is 9.96. The van der Waals surface area contributed by atoms with Gasteiger partial charge in [-0.1, -0.05) is 25.1 Å². The molecule has 1 saturated carbocycles. The Balaban J connectivity index is 0.00000243. The van der Waals surface area contributed by atoms with Crippen molar-refractivity contribution in [3.8, 4) is 0 Å². The van der Waals surface area contributed by atoms with Crippen LogP contribution in [0.3, 0.4) is 0 Å². The van der Waals surface area contributed by atoms with Crippen LogP contribution in [0.5, 0.6) is 0 Å². The molecular weight excluding hydrogens is 442 g/mol. The number of hydrogen-bond donors (Lipinski definition) is 2. The Morgan fingerprint density at radius 2 is 1.96 bits per heavy atom. The molecule has 2 atom stereocenters. The van der Waals surface area contributed by atoms with Crippen LogP contribution in [0.4, 0.5) is 4.39 Å². The first-order valence-corrected chi connectivity index (χ1v) is 9.66. The van der Waals surface area contributed by atoms with E-state index in [2.05, 4.69) is 29.4 Å². The van der Waals surface area contributed by atoms with Crippen LogP contribution in [0.1, 0.15) is 38.7 Å². The molecule has 2 fully saturated rings. The number of halogens is 2. The summed E-state index contributed by atoms with van der Waals surface area (Å²) >= 11 is 0. The number of hydrogen-bond acceptors (Lipinski definition) is 2. The maximum absolute atomic E-state index is 13.8. The molecule has 1 saturated heterocycles. The number of piperidine rings is 1. The zero-order valence-corrected chi connectivity index (χ0v) is 18.2. The molecule has 1 aliphatic heterocycles. The van der Waals surface area contributed by atoms with Crippen LogP contribution in [-0.2, 0) is 6.54 Å². The summed E-state index contributed by atoms with van der Waals surface area (Å²) in [6.07, 6.45) is 3.52. The standard InChI is InChI=1S/C20H31FN4.HI/c1-3-22-20(24-19-12-15(19)2)23-13-16-8-10-25(11-9-16)14-17-6-4-5-7-18(17)21;/h4-7,15-16,19H,3,8-14H2,1-2H3,(H2,22,23,24);1H. The minimum atomic E-state index is -0.0927. The van der Waals surface area contributed by atoms with E-state index in [9.17, 15) is 4.39 Å². The third-order valence-electron chi connectivity index (χ3n) is 5.34. The van der Waals surface area contributed by atoms with Crippen molar-refractivity contribution in [1.29, 1.82) is 0 Å². The van der Waals surface area contributed by atoms with Gasteiger partial charge in [0.15, 0.2) is 5.96 Å². The summed E-state index contributed by atoms with van der Waals surface area (Å²) in [5.41, 5.74) is 0.802. The second kappa shape index (κ2) is 10.4. The van der Waals surface area contributed by atoms with Gasteiger partial charge in [0.25, 0.3) is 0 Å². The molecule has 2 unspecified atom stereocenters. The fourth-order valence-corrected chi connectivity index (χ4v) is 3.43. The Morgan fingerprint density at radius 3 is 2.58 bits per heavy atom. The third-order valence-corrected chi connectivity index (χ3v) is 5.34. The molecule has 3 rings (SSSR count). The van der Waals surface area contributed by atoms with Crippen molar-refractivity contribution >= 4 is 29.9 Å². The van der Waals surface area contributed by atoms with E-state index in [1.54, 1.807) is 12.1 Å². The highest BCUT2D eigenvalue weighted by atomic mass is 127.